The lowest BCUT2D eigenvalue weighted by atomic mass is 9.79. The number of ketones is 2. The van der Waals surface area contributed by atoms with Crippen LogP contribution < -0.4 is 25.6 Å². The van der Waals surface area contributed by atoms with Crippen molar-refractivity contribution in [1.29, 1.82) is 0 Å². The highest BCUT2D eigenvalue weighted by molar-refractivity contribution is 9.10. The number of nitrogens with zero attached hydrogens (tertiary/aromatic N) is 2. The van der Waals surface area contributed by atoms with E-state index in [2.05, 4.69) is 50.5 Å². The smallest absolute Gasteiger partial charge is 0.486 e. The minimum Gasteiger partial charge on any atom is -0.486 e. The molecule has 18 heteroatoms. The minimum absolute atomic E-state index is 0. The van der Waals surface area contributed by atoms with Crippen LogP contribution in [0.4, 0.5) is 28.9 Å². The SMILES string of the molecule is C.C.C.CC1(C)OB(c2ccc(NC(=O)c3c(F)cccc3F)cc2)OC1(C)C.Cc1cc2c(cc1-c1ccc(NC(=O)c3c(F)cccc3F)cc1)OC1(CCN(C)CC1)CC2=O.Cc1cc2c(cc1Br)OC1(CCN(C)CC1)CC2=O. The third kappa shape index (κ3) is 14.3. The van der Waals surface area contributed by atoms with E-state index in [0.29, 0.717) is 35.5 Å². The first-order valence-corrected chi connectivity index (χ1v) is 27.5. The van der Waals surface area contributed by atoms with E-state index in [1.807, 2.05) is 77.9 Å². The standard InChI is InChI=1S/C28H26F2N2O3.C19H20BF2NO3.C15H18BrNO2.3CH4/c1-17-14-21-24(33)16-28(10-12-32(2)13-11-28)35-25(21)15-20(17)18-6-8-19(9-7-18)31-27(34)26-22(29)4-3-5-23(26)30;1-18(2)19(3,4)26-20(25-18)12-8-10-13(11-9-12)23-17(24)16-14(21)6-5-7-15(16)22;1-10-7-11-13(18)9-15(3-5-17(2)6-4-15)19-14(11)8-12(10)16;;;/h3-9,14-15H,10-13,16H2,1-2H3,(H,31,34);5-11H,1-4H3,(H,23,24);7-8H,3-6,9H2,1-2H3;3*1H4. The molecule has 0 saturated carbocycles. The summed E-state index contributed by atoms with van der Waals surface area (Å²) in [6, 6.07) is 28.0. The van der Waals surface area contributed by atoms with Crippen LogP contribution in [-0.4, -0.2) is 103 Å². The molecule has 0 unspecified atom stereocenters. The molecule has 11 rings (SSSR count). The average molecular weight is 1210 g/mol. The van der Waals surface area contributed by atoms with Gasteiger partial charge in [0.25, 0.3) is 11.8 Å². The molecule has 5 heterocycles. The van der Waals surface area contributed by atoms with Gasteiger partial charge in [0.05, 0.1) is 35.2 Å². The molecule has 0 radical (unpaired) electrons. The van der Waals surface area contributed by atoms with Gasteiger partial charge in [-0.1, -0.05) is 74.6 Å². The van der Waals surface area contributed by atoms with Crippen LogP contribution in [0.15, 0.2) is 114 Å². The zero-order chi connectivity index (χ0) is 57.5. The van der Waals surface area contributed by atoms with Gasteiger partial charge in [-0.2, -0.15) is 0 Å². The van der Waals surface area contributed by atoms with E-state index in [-0.39, 0.29) is 39.4 Å². The predicted octanol–water partition coefficient (Wildman–Crippen LogP) is 14.2. The Morgan fingerprint density at radius 2 is 0.916 bits per heavy atom. The molecule has 6 aromatic rings. The van der Waals surface area contributed by atoms with Crippen molar-refractivity contribution in [3.8, 4) is 22.6 Å². The van der Waals surface area contributed by atoms with Gasteiger partial charge in [-0.05, 0) is 156 Å². The molecule has 3 fully saturated rings. The Labute approximate surface area is 494 Å². The molecular formula is C65H76BBrF4N4O8. The van der Waals surface area contributed by atoms with Crippen molar-refractivity contribution in [2.45, 2.75) is 125 Å². The second kappa shape index (κ2) is 26.1. The van der Waals surface area contributed by atoms with Crippen LogP contribution in [0.25, 0.3) is 11.1 Å². The zero-order valence-electron chi connectivity index (χ0n) is 46.1. The summed E-state index contributed by atoms with van der Waals surface area (Å²) < 4.78 is 80.8. The lowest BCUT2D eigenvalue weighted by Crippen LogP contribution is -2.50. The van der Waals surface area contributed by atoms with Crippen molar-refractivity contribution >= 4 is 63.3 Å². The summed E-state index contributed by atoms with van der Waals surface area (Å²) in [5.74, 6) is -3.64. The summed E-state index contributed by atoms with van der Waals surface area (Å²) >= 11 is 3.52. The van der Waals surface area contributed by atoms with Gasteiger partial charge in [-0.25, -0.2) is 17.6 Å². The molecule has 5 aliphatic rings. The van der Waals surface area contributed by atoms with Gasteiger partial charge >= 0.3 is 7.12 Å². The van der Waals surface area contributed by atoms with Crippen LogP contribution in [0.1, 0.15) is 141 Å². The number of nitrogens with one attached hydrogen (secondary N) is 2. The number of ether oxygens (including phenoxy) is 2. The highest BCUT2D eigenvalue weighted by Crippen LogP contribution is 2.44. The highest BCUT2D eigenvalue weighted by Gasteiger charge is 2.52. The number of anilines is 2. The Hall–Kier alpha value is -6.70. The number of amides is 2. The van der Waals surface area contributed by atoms with Crippen molar-refractivity contribution in [1.82, 2.24) is 9.80 Å². The lowest BCUT2D eigenvalue weighted by Gasteiger charge is -2.43. The molecule has 0 bridgehead atoms. The Balaban J connectivity index is 0.000000205. The third-order valence-corrected chi connectivity index (χ3v) is 17.0. The summed E-state index contributed by atoms with van der Waals surface area (Å²) in [6.45, 7) is 15.6. The van der Waals surface area contributed by atoms with Gasteiger partial charge in [0.15, 0.2) is 11.6 Å². The lowest BCUT2D eigenvalue weighted by molar-refractivity contribution is -0.00428. The maximum atomic E-state index is 13.9. The number of carbonyl (C=O) groups excluding carboxylic acids is 4. The first kappa shape index (κ1) is 65.5. The number of likely N-dealkylation sites (tertiary alicyclic amines) is 2. The van der Waals surface area contributed by atoms with E-state index in [1.165, 1.54) is 12.1 Å². The molecule has 442 valence electrons. The maximum absolute atomic E-state index is 13.9. The monoisotopic (exact) mass is 1210 g/mol. The average Bonchev–Trinajstić information content (AvgIpc) is 3.36. The molecule has 12 nitrogen and oxygen atoms in total. The van der Waals surface area contributed by atoms with E-state index in [1.54, 1.807) is 36.4 Å². The van der Waals surface area contributed by atoms with Crippen molar-refractivity contribution < 1.29 is 55.5 Å². The number of hydrogen-bond acceptors (Lipinski definition) is 10. The van der Waals surface area contributed by atoms with Crippen molar-refractivity contribution in [2.75, 3.05) is 50.9 Å². The van der Waals surface area contributed by atoms with Gasteiger partial charge in [0, 0.05) is 67.7 Å². The molecule has 5 aliphatic heterocycles. The van der Waals surface area contributed by atoms with Gasteiger partial charge in [-0.3, -0.25) is 19.2 Å². The van der Waals surface area contributed by atoms with E-state index >= 15 is 0 Å². The number of hydrogen-bond donors (Lipinski definition) is 2. The Bertz CT molecular complexity index is 3310. The molecule has 83 heavy (non-hydrogen) atoms. The number of benzene rings is 6. The first-order chi connectivity index (χ1) is 37.8. The number of aryl methyl sites for hydroxylation is 2. The summed E-state index contributed by atoms with van der Waals surface area (Å²) in [6.07, 6.45) is 4.42. The van der Waals surface area contributed by atoms with Crippen LogP contribution in [-0.2, 0) is 9.31 Å². The fourth-order valence-corrected chi connectivity index (χ4v) is 10.8. The normalized spacial score (nSPS) is 17.9. The van der Waals surface area contributed by atoms with Gasteiger partial charge < -0.3 is 39.2 Å². The van der Waals surface area contributed by atoms with Crippen molar-refractivity contribution in [3.63, 3.8) is 0 Å². The number of fused-ring (bicyclic) bond motifs is 2. The van der Waals surface area contributed by atoms with Crippen molar-refractivity contribution in [3.05, 3.63) is 170 Å². The molecule has 0 aromatic heterocycles. The van der Waals surface area contributed by atoms with Crippen LogP contribution in [0.3, 0.4) is 0 Å². The molecule has 3 saturated heterocycles. The van der Waals surface area contributed by atoms with E-state index in [9.17, 15) is 36.7 Å². The molecule has 0 aliphatic carbocycles. The molecule has 6 aromatic carbocycles. The van der Waals surface area contributed by atoms with Crippen LogP contribution in [0, 0.1) is 37.1 Å². The second-order valence-corrected chi connectivity index (χ2v) is 23.4. The van der Waals surface area contributed by atoms with Crippen LogP contribution >= 0.6 is 15.9 Å². The molecule has 0 atom stereocenters. The van der Waals surface area contributed by atoms with Crippen LogP contribution in [0.5, 0.6) is 11.5 Å². The van der Waals surface area contributed by atoms with E-state index in [4.69, 9.17) is 18.8 Å². The minimum atomic E-state index is -0.916. The third-order valence-electron chi connectivity index (χ3n) is 16.1. The molecule has 2 spiro atoms. The van der Waals surface area contributed by atoms with Gasteiger partial charge in [-0.15, -0.1) is 0 Å². The van der Waals surface area contributed by atoms with Crippen molar-refractivity contribution in [2.24, 2.45) is 0 Å². The summed E-state index contributed by atoms with van der Waals surface area (Å²) in [4.78, 5) is 54.4. The van der Waals surface area contributed by atoms with Crippen LogP contribution in [0.2, 0.25) is 0 Å². The number of piperidine rings is 2. The molecule has 2 amide bonds. The predicted molar refractivity (Wildman–Crippen MR) is 325 cm³/mol. The maximum Gasteiger partial charge on any atom is 0.494 e. The topological polar surface area (TPSA) is 136 Å². The molecule has 2 N–H and O–H groups in total. The summed E-state index contributed by atoms with van der Waals surface area (Å²) in [5, 5.41) is 5.03. The Kier molecular flexibility index (Phi) is 20.6. The van der Waals surface area contributed by atoms with Gasteiger partial charge in [0.2, 0.25) is 0 Å². The summed E-state index contributed by atoms with van der Waals surface area (Å²) in [7, 11) is 3.67. The number of rotatable bonds is 6. The fraction of sp³-hybridized carbons (Fsp3) is 0.385. The van der Waals surface area contributed by atoms with Gasteiger partial charge in [0.1, 0.15) is 57.1 Å². The number of Topliss-reactive ketones (excluding diaryl/α,β-unsaturated/α-hetero) is 2. The number of halogens is 5. The number of carbonyl (C=O) groups is 4. The highest BCUT2D eigenvalue weighted by atomic mass is 79.9. The largest absolute Gasteiger partial charge is 0.494 e. The second-order valence-electron chi connectivity index (χ2n) is 22.5. The van der Waals surface area contributed by atoms with E-state index < -0.39 is 70.1 Å². The first-order valence-electron chi connectivity index (χ1n) is 26.7. The fourth-order valence-electron chi connectivity index (χ4n) is 10.4. The Morgan fingerprint density at radius 3 is 1.33 bits per heavy atom. The summed E-state index contributed by atoms with van der Waals surface area (Å²) in [5.41, 5.74) is 3.93. The van der Waals surface area contributed by atoms with E-state index in [0.717, 1.165) is 120 Å². The Morgan fingerprint density at radius 1 is 0.542 bits per heavy atom. The zero-order valence-corrected chi connectivity index (χ0v) is 47.7. The quantitative estimate of drug-likeness (QED) is 0.123. The molecular weight excluding hydrogens is 1130 g/mol.